The van der Waals surface area contributed by atoms with Crippen molar-refractivity contribution in [1.82, 2.24) is 9.78 Å². The van der Waals surface area contributed by atoms with E-state index in [4.69, 9.17) is 0 Å². The summed E-state index contributed by atoms with van der Waals surface area (Å²) in [5, 5.41) is 24.9. The average Bonchev–Trinajstić information content (AvgIpc) is 2.51. The Bertz CT molecular complexity index is 523. The van der Waals surface area contributed by atoms with Crippen LogP contribution < -0.4 is 4.23 Å². The molecule has 0 aliphatic carbocycles. The lowest BCUT2D eigenvalue weighted by molar-refractivity contribution is -0.384. The summed E-state index contributed by atoms with van der Waals surface area (Å²) in [7, 11) is -3.72. The fourth-order valence-electron chi connectivity index (χ4n) is 2.69. The van der Waals surface area contributed by atoms with Gasteiger partial charge < -0.3 is 9.34 Å². The second kappa shape index (κ2) is 6.19. The zero-order valence-corrected chi connectivity index (χ0v) is 16.9. The number of hydrogen-bond acceptors (Lipinski definition) is 5. The highest BCUT2D eigenvalue weighted by Crippen LogP contribution is 2.40. The minimum absolute atomic E-state index is 0.00620. The van der Waals surface area contributed by atoms with E-state index in [1.165, 1.54) is 0 Å². The Kier molecular flexibility index (Phi) is 5.40. The molecule has 1 heterocycles. The van der Waals surface area contributed by atoms with Gasteiger partial charge in [-0.15, -0.1) is 0 Å². The molecule has 0 fully saturated rings. The van der Waals surface area contributed by atoms with Gasteiger partial charge in [0.2, 0.25) is 4.60 Å². The van der Waals surface area contributed by atoms with Crippen molar-refractivity contribution in [2.45, 2.75) is 45.8 Å². The van der Waals surface area contributed by atoms with Crippen molar-refractivity contribution in [2.24, 2.45) is 0 Å². The number of hydrogen-bond donors (Lipinski definition) is 1. The van der Waals surface area contributed by atoms with Crippen molar-refractivity contribution in [3.8, 4) is 0 Å². The molecule has 0 bridgehead atoms. The van der Waals surface area contributed by atoms with Gasteiger partial charge in [0, 0.05) is 0 Å². The molecule has 21 heavy (non-hydrogen) atoms. The first-order valence-corrected chi connectivity index (χ1v) is 14.4. The minimum atomic E-state index is -1.86. The number of aromatic nitrogens is 2. The predicted octanol–water partition coefficient (Wildman–Crippen LogP) is 3.02. The summed E-state index contributed by atoms with van der Waals surface area (Å²) in [6.07, 6.45) is 0. The van der Waals surface area contributed by atoms with Crippen LogP contribution in [0.15, 0.2) is 4.60 Å². The first-order chi connectivity index (χ1) is 9.41. The highest BCUT2D eigenvalue weighted by molar-refractivity contribution is 9.10. The van der Waals surface area contributed by atoms with Crippen LogP contribution in [0, 0.1) is 10.1 Å². The summed E-state index contributed by atoms with van der Waals surface area (Å²) < 4.78 is 4.02. The van der Waals surface area contributed by atoms with Crippen LogP contribution in [0.5, 0.6) is 0 Å². The van der Waals surface area contributed by atoms with Crippen LogP contribution in [0.4, 0.5) is 11.5 Å². The van der Waals surface area contributed by atoms with E-state index in [1.807, 2.05) is 0 Å². The van der Waals surface area contributed by atoms with Crippen molar-refractivity contribution in [2.75, 3.05) is 10.8 Å². The maximum absolute atomic E-state index is 11.5. The molecule has 7 nitrogen and oxygen atoms in total. The average molecular weight is 395 g/mol. The van der Waals surface area contributed by atoms with Gasteiger partial charge >= 0.3 is 5.69 Å². The van der Waals surface area contributed by atoms with E-state index in [2.05, 4.69) is 64.5 Å². The fraction of sp³-hybridized carbons (Fsp3) is 0.727. The van der Waals surface area contributed by atoms with Crippen molar-refractivity contribution in [1.29, 1.82) is 0 Å². The standard InChI is InChI=1S/C11H23BrN4O3Si2/c1-20(2,3)16(21(4,5)6)11-9(15(18)19)10(12)13-14(11)7-8-17/h17H,7-8H2,1-6H3. The van der Waals surface area contributed by atoms with E-state index in [9.17, 15) is 15.2 Å². The Morgan fingerprint density at radius 3 is 2.10 bits per heavy atom. The van der Waals surface area contributed by atoms with Crippen LogP contribution in [0.3, 0.4) is 0 Å². The van der Waals surface area contributed by atoms with E-state index >= 15 is 0 Å². The molecular formula is C11H23BrN4O3Si2. The number of aliphatic hydroxyl groups is 1. The van der Waals surface area contributed by atoms with Gasteiger partial charge in [0.25, 0.3) is 0 Å². The molecule has 0 aliphatic heterocycles. The number of nitro groups is 1. The fourth-order valence-corrected chi connectivity index (χ4v) is 13.0. The molecule has 1 aromatic rings. The third kappa shape index (κ3) is 3.93. The van der Waals surface area contributed by atoms with Gasteiger partial charge in [0.1, 0.15) is 16.5 Å². The third-order valence-corrected chi connectivity index (χ3v) is 10.6. The number of nitrogens with zero attached hydrogens (tertiary/aromatic N) is 4. The summed E-state index contributed by atoms with van der Waals surface area (Å²) in [4.78, 5) is 11.1. The first-order valence-electron chi connectivity index (χ1n) is 6.73. The lowest BCUT2D eigenvalue weighted by Gasteiger charge is -2.44. The zero-order chi connectivity index (χ0) is 16.6. The van der Waals surface area contributed by atoms with E-state index in [0.717, 1.165) is 0 Å². The highest BCUT2D eigenvalue weighted by atomic mass is 79.9. The number of anilines is 1. The molecule has 1 N–H and O–H groups in total. The van der Waals surface area contributed by atoms with Crippen molar-refractivity contribution < 1.29 is 10.0 Å². The molecule has 0 aromatic carbocycles. The quantitative estimate of drug-likeness (QED) is 0.455. The SMILES string of the molecule is C[Si](C)(C)N(c1c([N+](=O)[O-])c(Br)nn1CCO)[Si](C)(C)C. The molecule has 120 valence electrons. The summed E-state index contributed by atoms with van der Waals surface area (Å²) in [6.45, 7) is 13.1. The largest absolute Gasteiger partial charge is 0.404 e. The van der Waals surface area contributed by atoms with Crippen molar-refractivity contribution >= 4 is 43.9 Å². The van der Waals surface area contributed by atoms with Crippen molar-refractivity contribution in [3.63, 3.8) is 0 Å². The van der Waals surface area contributed by atoms with Crippen LogP contribution in [-0.2, 0) is 6.54 Å². The van der Waals surface area contributed by atoms with E-state index in [-0.39, 0.29) is 23.4 Å². The summed E-state index contributed by atoms with van der Waals surface area (Å²) in [5.74, 6) is 0.527. The highest BCUT2D eigenvalue weighted by Gasteiger charge is 2.42. The van der Waals surface area contributed by atoms with Crippen LogP contribution in [0.2, 0.25) is 39.3 Å². The molecule has 0 saturated heterocycles. The molecule has 0 spiro atoms. The monoisotopic (exact) mass is 394 g/mol. The molecule has 0 amide bonds. The van der Waals surface area contributed by atoms with Crippen molar-refractivity contribution in [3.05, 3.63) is 14.7 Å². The van der Waals surface area contributed by atoms with Crippen LogP contribution >= 0.6 is 15.9 Å². The van der Waals surface area contributed by atoms with Gasteiger partial charge in [-0.25, -0.2) is 4.68 Å². The second-order valence-corrected chi connectivity index (χ2v) is 17.6. The molecule has 0 aliphatic rings. The maximum atomic E-state index is 11.5. The lowest BCUT2D eigenvalue weighted by Crippen LogP contribution is -2.60. The topological polar surface area (TPSA) is 84.4 Å². The van der Waals surface area contributed by atoms with E-state index < -0.39 is 21.4 Å². The molecule has 0 unspecified atom stereocenters. The zero-order valence-electron chi connectivity index (χ0n) is 13.3. The maximum Gasteiger partial charge on any atom is 0.343 e. The van der Waals surface area contributed by atoms with Gasteiger partial charge in [0.15, 0.2) is 5.82 Å². The number of aliphatic hydroxyl groups excluding tert-OH is 1. The van der Waals surface area contributed by atoms with Gasteiger partial charge in [-0.3, -0.25) is 10.1 Å². The van der Waals surface area contributed by atoms with Crippen LogP contribution in [0.25, 0.3) is 0 Å². The molecular weight excluding hydrogens is 372 g/mol. The van der Waals surface area contributed by atoms with Gasteiger partial charge in [0.05, 0.1) is 18.1 Å². The number of halogens is 1. The molecule has 0 atom stereocenters. The smallest absolute Gasteiger partial charge is 0.343 e. The van der Waals surface area contributed by atoms with Gasteiger partial charge in [-0.05, 0) is 15.9 Å². The molecule has 10 heteroatoms. The summed E-state index contributed by atoms with van der Waals surface area (Å²) in [6, 6.07) is 0. The Morgan fingerprint density at radius 2 is 1.76 bits per heavy atom. The van der Waals surface area contributed by atoms with E-state index in [1.54, 1.807) is 4.68 Å². The Hall–Kier alpha value is -0.716. The lowest BCUT2D eigenvalue weighted by atomic mass is 10.5. The predicted molar refractivity (Wildman–Crippen MR) is 92.8 cm³/mol. The second-order valence-electron chi connectivity index (χ2n) is 6.84. The Labute approximate surface area is 135 Å². The summed E-state index contributed by atoms with van der Waals surface area (Å²) in [5.41, 5.74) is -0.00620. The molecule has 0 radical (unpaired) electrons. The Balaban J connectivity index is 3.67. The molecule has 0 saturated carbocycles. The van der Waals surface area contributed by atoms with Gasteiger partial charge in [-0.2, -0.15) is 5.10 Å². The van der Waals surface area contributed by atoms with Crippen LogP contribution in [-0.4, -0.2) is 42.9 Å². The number of rotatable bonds is 6. The third-order valence-electron chi connectivity index (χ3n) is 2.91. The van der Waals surface area contributed by atoms with Gasteiger partial charge in [-0.1, -0.05) is 39.3 Å². The normalized spacial score (nSPS) is 12.6. The Morgan fingerprint density at radius 1 is 1.29 bits per heavy atom. The summed E-state index contributed by atoms with van der Waals surface area (Å²) >= 11 is 3.19. The minimum Gasteiger partial charge on any atom is -0.404 e. The van der Waals surface area contributed by atoms with Crippen LogP contribution in [0.1, 0.15) is 0 Å². The van der Waals surface area contributed by atoms with E-state index in [0.29, 0.717) is 5.82 Å². The first kappa shape index (κ1) is 18.3. The molecule has 1 rings (SSSR count). The molecule has 1 aromatic heterocycles.